The number of hydrogen-bond donors (Lipinski definition) is 1. The fraction of sp³-hybridized carbons (Fsp3) is 0.769. The highest BCUT2D eigenvalue weighted by atomic mass is 16.2. The predicted octanol–water partition coefficient (Wildman–Crippen LogP) is 1.94. The number of nitrogens with one attached hydrogen (secondary N) is 1. The van der Waals surface area contributed by atoms with Crippen LogP contribution < -0.4 is 5.32 Å². The quantitative estimate of drug-likeness (QED) is 0.670. The first-order chi connectivity index (χ1) is 7.77. The fourth-order valence-electron chi connectivity index (χ4n) is 2.10. The number of carbonyl (C=O) groups excluding carboxylic acids is 1. The molecule has 16 heavy (non-hydrogen) atoms. The molecule has 1 amide bonds. The maximum atomic E-state index is 11.9. The highest BCUT2D eigenvalue weighted by Gasteiger charge is 2.20. The number of amides is 1. The SMILES string of the molecule is C=CCC(=O)N(CCCC)CC1CCCN1. The van der Waals surface area contributed by atoms with Crippen molar-refractivity contribution < 1.29 is 4.79 Å². The van der Waals surface area contributed by atoms with Gasteiger partial charge in [0.05, 0.1) is 0 Å². The molecular weight excluding hydrogens is 200 g/mol. The monoisotopic (exact) mass is 224 g/mol. The van der Waals surface area contributed by atoms with Crippen LogP contribution in [0.25, 0.3) is 0 Å². The van der Waals surface area contributed by atoms with Gasteiger partial charge in [0.1, 0.15) is 0 Å². The van der Waals surface area contributed by atoms with E-state index in [4.69, 9.17) is 0 Å². The Bertz CT molecular complexity index is 222. The van der Waals surface area contributed by atoms with Crippen LogP contribution in [0.2, 0.25) is 0 Å². The summed E-state index contributed by atoms with van der Waals surface area (Å²) in [6.45, 7) is 8.65. The van der Waals surface area contributed by atoms with Crippen molar-refractivity contribution in [2.45, 2.75) is 45.1 Å². The summed E-state index contributed by atoms with van der Waals surface area (Å²) in [5.41, 5.74) is 0. The first-order valence-electron chi connectivity index (χ1n) is 6.40. The molecule has 0 aromatic rings. The van der Waals surface area contributed by atoms with Crippen LogP contribution >= 0.6 is 0 Å². The average molecular weight is 224 g/mol. The molecule has 1 heterocycles. The van der Waals surface area contributed by atoms with Crippen molar-refractivity contribution in [3.05, 3.63) is 12.7 Å². The Morgan fingerprint density at radius 2 is 2.44 bits per heavy atom. The van der Waals surface area contributed by atoms with Crippen molar-refractivity contribution in [1.29, 1.82) is 0 Å². The van der Waals surface area contributed by atoms with Gasteiger partial charge >= 0.3 is 0 Å². The second-order valence-corrected chi connectivity index (χ2v) is 4.48. The molecule has 1 unspecified atom stereocenters. The predicted molar refractivity (Wildman–Crippen MR) is 67.3 cm³/mol. The molecule has 0 spiro atoms. The largest absolute Gasteiger partial charge is 0.341 e. The van der Waals surface area contributed by atoms with Gasteiger partial charge in [-0.05, 0) is 25.8 Å². The van der Waals surface area contributed by atoms with Gasteiger partial charge < -0.3 is 10.2 Å². The average Bonchev–Trinajstić information content (AvgIpc) is 2.77. The van der Waals surface area contributed by atoms with Crippen LogP contribution in [0.1, 0.15) is 39.0 Å². The van der Waals surface area contributed by atoms with E-state index in [-0.39, 0.29) is 5.91 Å². The van der Waals surface area contributed by atoms with Crippen LogP contribution in [0.15, 0.2) is 12.7 Å². The lowest BCUT2D eigenvalue weighted by Crippen LogP contribution is -2.41. The van der Waals surface area contributed by atoms with E-state index >= 15 is 0 Å². The standard InChI is InChI=1S/C13H24N2O/c1-3-5-10-15(13(16)7-4-2)11-12-8-6-9-14-12/h4,12,14H,2-3,5-11H2,1H3. The first-order valence-corrected chi connectivity index (χ1v) is 6.40. The highest BCUT2D eigenvalue weighted by Crippen LogP contribution is 2.09. The van der Waals surface area contributed by atoms with E-state index in [0.29, 0.717) is 12.5 Å². The minimum atomic E-state index is 0.220. The van der Waals surface area contributed by atoms with Crippen molar-refractivity contribution >= 4 is 5.91 Å². The van der Waals surface area contributed by atoms with Crippen LogP contribution in [0.5, 0.6) is 0 Å². The number of rotatable bonds is 7. The molecule has 0 aromatic carbocycles. The summed E-state index contributed by atoms with van der Waals surface area (Å²) in [7, 11) is 0. The van der Waals surface area contributed by atoms with E-state index in [9.17, 15) is 4.79 Å². The summed E-state index contributed by atoms with van der Waals surface area (Å²) in [5.74, 6) is 0.220. The summed E-state index contributed by atoms with van der Waals surface area (Å²) < 4.78 is 0. The number of unbranched alkanes of at least 4 members (excludes halogenated alkanes) is 1. The maximum Gasteiger partial charge on any atom is 0.226 e. The van der Waals surface area contributed by atoms with E-state index in [2.05, 4.69) is 18.8 Å². The van der Waals surface area contributed by atoms with Gasteiger partial charge in [-0.1, -0.05) is 19.4 Å². The number of nitrogens with zero attached hydrogens (tertiary/aromatic N) is 1. The minimum absolute atomic E-state index is 0.220. The van der Waals surface area contributed by atoms with Crippen molar-refractivity contribution in [1.82, 2.24) is 10.2 Å². The highest BCUT2D eigenvalue weighted by molar-refractivity contribution is 5.77. The molecule has 1 aliphatic heterocycles. The zero-order valence-electron chi connectivity index (χ0n) is 10.4. The van der Waals surface area contributed by atoms with E-state index in [1.165, 1.54) is 12.8 Å². The molecule has 1 atom stereocenters. The van der Waals surface area contributed by atoms with Crippen molar-refractivity contribution in [3.8, 4) is 0 Å². The molecular formula is C13H24N2O. The summed E-state index contributed by atoms with van der Waals surface area (Å²) in [6, 6.07) is 0.505. The third-order valence-electron chi connectivity index (χ3n) is 3.06. The minimum Gasteiger partial charge on any atom is -0.341 e. The molecule has 0 aromatic heterocycles. The number of carbonyl (C=O) groups is 1. The summed E-state index contributed by atoms with van der Waals surface area (Å²) in [6.07, 6.45) is 6.83. The van der Waals surface area contributed by atoms with Gasteiger partial charge in [0.25, 0.3) is 0 Å². The first kappa shape index (κ1) is 13.2. The fourth-order valence-corrected chi connectivity index (χ4v) is 2.10. The van der Waals surface area contributed by atoms with Crippen LogP contribution in [0.4, 0.5) is 0 Å². The van der Waals surface area contributed by atoms with Gasteiger partial charge in [0.2, 0.25) is 5.91 Å². The van der Waals surface area contributed by atoms with Gasteiger partial charge in [0, 0.05) is 25.6 Å². The Hall–Kier alpha value is -0.830. The molecule has 1 rings (SSSR count). The lowest BCUT2D eigenvalue weighted by Gasteiger charge is -2.25. The number of hydrogen-bond acceptors (Lipinski definition) is 2. The third-order valence-corrected chi connectivity index (χ3v) is 3.06. The molecule has 0 saturated carbocycles. The second kappa shape index (κ2) is 7.44. The second-order valence-electron chi connectivity index (χ2n) is 4.48. The van der Waals surface area contributed by atoms with E-state index in [1.807, 2.05) is 4.90 Å². The molecule has 1 saturated heterocycles. The van der Waals surface area contributed by atoms with E-state index in [0.717, 1.165) is 32.5 Å². The van der Waals surface area contributed by atoms with Gasteiger partial charge in [-0.25, -0.2) is 0 Å². The van der Waals surface area contributed by atoms with Crippen LogP contribution in [0.3, 0.4) is 0 Å². The van der Waals surface area contributed by atoms with Crippen LogP contribution in [-0.2, 0) is 4.79 Å². The zero-order chi connectivity index (χ0) is 11.8. The van der Waals surface area contributed by atoms with Crippen molar-refractivity contribution in [3.63, 3.8) is 0 Å². The Morgan fingerprint density at radius 3 is 3.00 bits per heavy atom. The molecule has 0 bridgehead atoms. The van der Waals surface area contributed by atoms with Crippen LogP contribution in [0, 0.1) is 0 Å². The molecule has 1 aliphatic rings. The van der Waals surface area contributed by atoms with Gasteiger partial charge in [-0.3, -0.25) is 4.79 Å². The smallest absolute Gasteiger partial charge is 0.226 e. The topological polar surface area (TPSA) is 32.3 Å². The van der Waals surface area contributed by atoms with Crippen LogP contribution in [-0.4, -0.2) is 36.5 Å². The summed E-state index contributed by atoms with van der Waals surface area (Å²) in [5, 5.41) is 3.44. The van der Waals surface area contributed by atoms with E-state index < -0.39 is 0 Å². The Kier molecular flexibility index (Phi) is 6.16. The molecule has 92 valence electrons. The summed E-state index contributed by atoms with van der Waals surface area (Å²) >= 11 is 0. The Morgan fingerprint density at radius 1 is 1.62 bits per heavy atom. The van der Waals surface area contributed by atoms with Crippen molar-refractivity contribution in [2.75, 3.05) is 19.6 Å². The molecule has 0 radical (unpaired) electrons. The van der Waals surface area contributed by atoms with E-state index in [1.54, 1.807) is 6.08 Å². The lowest BCUT2D eigenvalue weighted by molar-refractivity contribution is -0.130. The van der Waals surface area contributed by atoms with Gasteiger partial charge in [0.15, 0.2) is 0 Å². The third kappa shape index (κ3) is 4.35. The Balaban J connectivity index is 2.41. The van der Waals surface area contributed by atoms with Crippen molar-refractivity contribution in [2.24, 2.45) is 0 Å². The normalized spacial score (nSPS) is 19.7. The summed E-state index contributed by atoms with van der Waals surface area (Å²) in [4.78, 5) is 13.9. The zero-order valence-corrected chi connectivity index (χ0v) is 10.4. The molecule has 0 aliphatic carbocycles. The Labute approximate surface area is 98.9 Å². The maximum absolute atomic E-state index is 11.9. The molecule has 3 nitrogen and oxygen atoms in total. The molecule has 1 N–H and O–H groups in total. The lowest BCUT2D eigenvalue weighted by atomic mass is 10.2. The van der Waals surface area contributed by atoms with Gasteiger partial charge in [-0.15, -0.1) is 6.58 Å². The van der Waals surface area contributed by atoms with Gasteiger partial charge in [-0.2, -0.15) is 0 Å². The molecule has 1 fully saturated rings. The molecule has 3 heteroatoms.